The molecule has 3 rings (SSSR count). The van der Waals surface area contributed by atoms with Crippen molar-refractivity contribution in [1.82, 2.24) is 10.2 Å². The van der Waals surface area contributed by atoms with Gasteiger partial charge in [0.1, 0.15) is 18.1 Å². The Balaban J connectivity index is 0.00000261. The molecule has 0 radical (unpaired) electrons. The fourth-order valence-electron chi connectivity index (χ4n) is 4.18. The Labute approximate surface area is 179 Å². The summed E-state index contributed by atoms with van der Waals surface area (Å²) in [6.07, 6.45) is 1.51. The number of hydrogen-bond acceptors (Lipinski definition) is 4. The molecule has 3 unspecified atom stereocenters. The van der Waals surface area contributed by atoms with Crippen molar-refractivity contribution < 1.29 is 14.2 Å². The van der Waals surface area contributed by atoms with Gasteiger partial charge in [-0.2, -0.15) is 0 Å². The van der Waals surface area contributed by atoms with Gasteiger partial charge in [0.05, 0.1) is 19.8 Å². The Morgan fingerprint density at radius 3 is 2.59 bits per heavy atom. The molecule has 3 atom stereocenters. The Hall–Kier alpha value is -1.22. The molecule has 1 heterocycles. The number of ether oxygens (including phenoxy) is 3. The van der Waals surface area contributed by atoms with Gasteiger partial charge in [-0.3, -0.25) is 4.99 Å². The van der Waals surface area contributed by atoms with Gasteiger partial charge < -0.3 is 24.4 Å². The van der Waals surface area contributed by atoms with E-state index in [1.165, 1.54) is 0 Å². The molecule has 27 heavy (non-hydrogen) atoms. The first-order valence-electron chi connectivity index (χ1n) is 9.30. The van der Waals surface area contributed by atoms with Crippen LogP contribution in [-0.4, -0.2) is 64.0 Å². The molecule has 152 valence electrons. The number of methoxy groups -OCH3 is 1. The van der Waals surface area contributed by atoms with Crippen LogP contribution in [-0.2, 0) is 4.74 Å². The van der Waals surface area contributed by atoms with E-state index in [4.69, 9.17) is 14.2 Å². The third-order valence-electron chi connectivity index (χ3n) is 5.71. The largest absolute Gasteiger partial charge is 0.497 e. The predicted octanol–water partition coefficient (Wildman–Crippen LogP) is 3.01. The van der Waals surface area contributed by atoms with Gasteiger partial charge in [-0.15, -0.1) is 24.0 Å². The third kappa shape index (κ3) is 4.62. The fourth-order valence-corrected chi connectivity index (χ4v) is 4.18. The van der Waals surface area contributed by atoms with E-state index in [0.29, 0.717) is 24.7 Å². The number of guanidine groups is 1. The Bertz CT molecular complexity index is 636. The zero-order chi connectivity index (χ0) is 18.7. The highest BCUT2D eigenvalue weighted by molar-refractivity contribution is 14.0. The lowest BCUT2D eigenvalue weighted by atomic mass is 9.57. The van der Waals surface area contributed by atoms with E-state index >= 15 is 0 Å². The second-order valence-corrected chi connectivity index (χ2v) is 7.68. The minimum atomic E-state index is 0. The van der Waals surface area contributed by atoms with Crippen LogP contribution in [0.15, 0.2) is 29.3 Å². The maximum absolute atomic E-state index is 5.88. The van der Waals surface area contributed by atoms with E-state index in [-0.39, 0.29) is 29.4 Å². The predicted molar refractivity (Wildman–Crippen MR) is 118 cm³/mol. The minimum absolute atomic E-state index is 0. The summed E-state index contributed by atoms with van der Waals surface area (Å²) in [7, 11) is 5.53. The molecule has 1 aromatic carbocycles. The Morgan fingerprint density at radius 1 is 1.30 bits per heavy atom. The Kier molecular flexibility index (Phi) is 7.62. The summed E-state index contributed by atoms with van der Waals surface area (Å²) >= 11 is 0. The number of rotatable bonds is 6. The minimum Gasteiger partial charge on any atom is -0.497 e. The molecule has 1 N–H and O–H groups in total. The van der Waals surface area contributed by atoms with Gasteiger partial charge in [0.15, 0.2) is 5.96 Å². The maximum Gasteiger partial charge on any atom is 0.193 e. The number of fused-ring (bicyclic) bond motifs is 1. The molecule has 2 aliphatic rings. The second-order valence-electron chi connectivity index (χ2n) is 7.68. The smallest absolute Gasteiger partial charge is 0.193 e. The number of nitrogens with one attached hydrogen (secondary N) is 1. The van der Waals surface area contributed by atoms with Crippen molar-refractivity contribution in [1.29, 1.82) is 0 Å². The molecule has 1 aliphatic carbocycles. The molecule has 0 aromatic heterocycles. The van der Waals surface area contributed by atoms with E-state index in [0.717, 1.165) is 37.0 Å². The first-order valence-corrected chi connectivity index (χ1v) is 9.30. The van der Waals surface area contributed by atoms with Gasteiger partial charge >= 0.3 is 0 Å². The number of nitrogens with zero attached hydrogens (tertiary/aromatic N) is 2. The number of benzene rings is 1. The average Bonchev–Trinajstić information content (AvgIpc) is 3.10. The van der Waals surface area contributed by atoms with Gasteiger partial charge in [-0.1, -0.05) is 13.8 Å². The maximum atomic E-state index is 5.88. The monoisotopic (exact) mass is 489 g/mol. The summed E-state index contributed by atoms with van der Waals surface area (Å²) in [5.41, 5.74) is 0.136. The van der Waals surface area contributed by atoms with Crippen LogP contribution in [0.25, 0.3) is 0 Å². The number of likely N-dealkylation sites (N-methyl/N-ethyl adjacent to an activating group) is 1. The van der Waals surface area contributed by atoms with Crippen LogP contribution in [0.4, 0.5) is 0 Å². The quantitative estimate of drug-likeness (QED) is 0.379. The summed E-state index contributed by atoms with van der Waals surface area (Å²) in [5.74, 6) is 3.17. The van der Waals surface area contributed by atoms with Gasteiger partial charge in [0.25, 0.3) is 0 Å². The van der Waals surface area contributed by atoms with Crippen molar-refractivity contribution in [2.75, 3.05) is 41.0 Å². The summed E-state index contributed by atoms with van der Waals surface area (Å²) in [5, 5.41) is 3.65. The van der Waals surface area contributed by atoms with Crippen molar-refractivity contribution in [3.8, 4) is 11.5 Å². The number of halogens is 1. The van der Waals surface area contributed by atoms with Crippen LogP contribution < -0.4 is 14.8 Å². The molecular formula is C20H32IN3O3. The lowest BCUT2D eigenvalue weighted by molar-refractivity contribution is -0.107. The standard InChI is InChI=1S/C20H31N3O3.HI/c1-20(2)17(16-10-12-26-18(16)20)22-19(21-3)23(4)11-13-25-15-8-6-14(24-5)7-9-15;/h6-9,16-18H,10-13H2,1-5H3,(H,21,22);1H. The SMILES string of the molecule is CN=C(NC1C2CCOC2C1(C)C)N(C)CCOc1ccc(OC)cc1.I. The highest BCUT2D eigenvalue weighted by Gasteiger charge is 2.59. The van der Waals surface area contributed by atoms with Gasteiger partial charge in [0.2, 0.25) is 0 Å². The molecule has 6 nitrogen and oxygen atoms in total. The molecule has 0 spiro atoms. The molecule has 0 amide bonds. The molecule has 1 saturated heterocycles. The average molecular weight is 489 g/mol. The van der Waals surface area contributed by atoms with E-state index in [9.17, 15) is 0 Å². The van der Waals surface area contributed by atoms with Crippen molar-refractivity contribution >= 4 is 29.9 Å². The molecule has 2 fully saturated rings. The van der Waals surface area contributed by atoms with Gasteiger partial charge in [0, 0.05) is 38.1 Å². The highest BCUT2D eigenvalue weighted by atomic mass is 127. The van der Waals surface area contributed by atoms with Gasteiger partial charge in [-0.05, 0) is 30.7 Å². The third-order valence-corrected chi connectivity index (χ3v) is 5.71. The lowest BCUT2D eigenvalue weighted by Gasteiger charge is -2.55. The summed E-state index contributed by atoms with van der Waals surface area (Å²) < 4.78 is 16.9. The summed E-state index contributed by atoms with van der Waals surface area (Å²) in [6.45, 7) is 6.77. The topological polar surface area (TPSA) is 55.3 Å². The van der Waals surface area contributed by atoms with Gasteiger partial charge in [-0.25, -0.2) is 0 Å². The normalized spacial score (nSPS) is 25.7. The van der Waals surface area contributed by atoms with Crippen LogP contribution in [0.1, 0.15) is 20.3 Å². The fraction of sp³-hybridized carbons (Fsp3) is 0.650. The van der Waals surface area contributed by atoms with Crippen molar-refractivity contribution in [3.63, 3.8) is 0 Å². The number of aliphatic imine (C=N–C) groups is 1. The highest BCUT2D eigenvalue weighted by Crippen LogP contribution is 2.52. The Morgan fingerprint density at radius 2 is 1.96 bits per heavy atom. The van der Waals surface area contributed by atoms with Crippen LogP contribution in [0.3, 0.4) is 0 Å². The van der Waals surface area contributed by atoms with E-state index in [2.05, 4.69) is 29.1 Å². The lowest BCUT2D eigenvalue weighted by Crippen LogP contribution is -2.68. The first-order chi connectivity index (χ1) is 12.5. The zero-order valence-corrected chi connectivity index (χ0v) is 19.2. The number of hydrogen-bond donors (Lipinski definition) is 1. The van der Waals surface area contributed by atoms with Crippen molar-refractivity contribution in [2.45, 2.75) is 32.4 Å². The molecule has 1 aliphatic heterocycles. The van der Waals surface area contributed by atoms with Crippen molar-refractivity contribution in [2.24, 2.45) is 16.3 Å². The first kappa shape index (κ1) is 22.1. The molecule has 1 saturated carbocycles. The zero-order valence-electron chi connectivity index (χ0n) is 16.9. The van der Waals surface area contributed by atoms with Crippen molar-refractivity contribution in [3.05, 3.63) is 24.3 Å². The molecule has 0 bridgehead atoms. The van der Waals surface area contributed by atoms with Crippen LogP contribution in [0.2, 0.25) is 0 Å². The van der Waals surface area contributed by atoms with E-state index in [1.54, 1.807) is 7.11 Å². The van der Waals surface area contributed by atoms with Crippen LogP contribution >= 0.6 is 24.0 Å². The molecule has 7 heteroatoms. The van der Waals surface area contributed by atoms with Crippen LogP contribution in [0.5, 0.6) is 11.5 Å². The van der Waals surface area contributed by atoms with E-state index in [1.807, 2.05) is 38.4 Å². The molecule has 1 aromatic rings. The van der Waals surface area contributed by atoms with Crippen LogP contribution in [0, 0.1) is 11.3 Å². The molecular weight excluding hydrogens is 457 g/mol. The second kappa shape index (κ2) is 9.32. The van der Waals surface area contributed by atoms with E-state index < -0.39 is 0 Å². The summed E-state index contributed by atoms with van der Waals surface area (Å²) in [4.78, 5) is 6.57. The summed E-state index contributed by atoms with van der Waals surface area (Å²) in [6, 6.07) is 8.04.